The van der Waals surface area contributed by atoms with E-state index in [1.807, 2.05) is 12.1 Å². The number of aromatic hydroxyl groups is 1. The molecule has 138 valence electrons. The van der Waals surface area contributed by atoms with Gasteiger partial charge in [-0.05, 0) is 23.3 Å². The second-order valence-electron chi connectivity index (χ2n) is 5.74. The van der Waals surface area contributed by atoms with E-state index in [-0.39, 0.29) is 18.7 Å². The zero-order valence-electron chi connectivity index (χ0n) is 14.0. The minimum Gasteiger partial charge on any atom is -0.494 e. The zero-order chi connectivity index (χ0) is 19.4. The van der Waals surface area contributed by atoms with Gasteiger partial charge in [0.25, 0.3) is 5.56 Å². The van der Waals surface area contributed by atoms with Crippen LogP contribution in [0.3, 0.4) is 0 Å². The van der Waals surface area contributed by atoms with E-state index < -0.39 is 17.1 Å². The van der Waals surface area contributed by atoms with Crippen LogP contribution < -0.4 is 11.2 Å². The van der Waals surface area contributed by atoms with Crippen LogP contribution in [0.15, 0.2) is 63.1 Å². The van der Waals surface area contributed by atoms with E-state index in [0.717, 1.165) is 10.1 Å². The van der Waals surface area contributed by atoms with Crippen molar-refractivity contribution in [2.45, 2.75) is 13.1 Å². The first-order valence-corrected chi connectivity index (χ1v) is 8.75. The number of aromatic amines is 1. The Morgan fingerprint density at radius 1 is 1.00 bits per heavy atom. The molecule has 6 nitrogen and oxygen atoms in total. The summed E-state index contributed by atoms with van der Waals surface area (Å²) in [6.45, 7) is 0.231. The first kappa shape index (κ1) is 18.9. The molecule has 3 aromatic rings. The number of nitrogens with one attached hydrogen (secondary N) is 1. The third-order valence-corrected chi connectivity index (χ3v) is 4.67. The van der Waals surface area contributed by atoms with Crippen LogP contribution in [-0.4, -0.2) is 20.9 Å². The molecule has 27 heavy (non-hydrogen) atoms. The Bertz CT molecular complexity index is 1120. The summed E-state index contributed by atoms with van der Waals surface area (Å²) in [4.78, 5) is 30.5. The second kappa shape index (κ2) is 8.24. The third kappa shape index (κ3) is 4.30. The summed E-state index contributed by atoms with van der Waals surface area (Å²) in [6, 6.07) is 14.1. The van der Waals surface area contributed by atoms with Gasteiger partial charge in [0.2, 0.25) is 5.88 Å². The molecule has 0 spiro atoms. The Labute approximate surface area is 164 Å². The molecule has 0 unspecified atom stereocenters. The van der Waals surface area contributed by atoms with Crippen LogP contribution >= 0.6 is 23.2 Å². The monoisotopic (exact) mass is 403 g/mol. The molecule has 0 bridgehead atoms. The van der Waals surface area contributed by atoms with Crippen LogP contribution in [0.1, 0.15) is 16.7 Å². The van der Waals surface area contributed by atoms with Gasteiger partial charge in [0.15, 0.2) is 0 Å². The minimum atomic E-state index is -0.735. The third-order valence-electron chi connectivity index (χ3n) is 3.93. The molecule has 2 N–H and O–H groups in total. The predicted octanol–water partition coefficient (Wildman–Crippen LogP) is 3.22. The maximum absolute atomic E-state index is 12.1. The lowest BCUT2D eigenvalue weighted by Gasteiger charge is -2.10. The standard InChI is InChI=1S/C19H15Cl2N3O3/c20-15-7-3-1-5-12(15)9-22-10-14-17(25)23-19(27)24(18(14)26)11-13-6-2-4-8-16(13)21/h1-8,10,26H,9,11H2,(H,23,25,27). The van der Waals surface area contributed by atoms with Gasteiger partial charge in [0.1, 0.15) is 5.56 Å². The van der Waals surface area contributed by atoms with Crippen LogP contribution in [0.4, 0.5) is 0 Å². The van der Waals surface area contributed by atoms with Gasteiger partial charge in [-0.15, -0.1) is 0 Å². The Morgan fingerprint density at radius 2 is 1.59 bits per heavy atom. The van der Waals surface area contributed by atoms with Crippen LogP contribution in [0.2, 0.25) is 10.0 Å². The molecule has 0 radical (unpaired) electrons. The largest absolute Gasteiger partial charge is 0.494 e. The molecule has 0 aliphatic rings. The van der Waals surface area contributed by atoms with Crippen molar-refractivity contribution in [3.8, 4) is 5.88 Å². The number of aliphatic imine (C=N–C) groups is 1. The van der Waals surface area contributed by atoms with Gasteiger partial charge in [0, 0.05) is 16.3 Å². The van der Waals surface area contributed by atoms with Gasteiger partial charge >= 0.3 is 5.69 Å². The highest BCUT2D eigenvalue weighted by atomic mass is 35.5. The molecule has 1 heterocycles. The molecule has 1 aromatic heterocycles. The normalized spacial score (nSPS) is 11.2. The van der Waals surface area contributed by atoms with Crippen molar-refractivity contribution in [2.24, 2.45) is 4.99 Å². The fourth-order valence-electron chi connectivity index (χ4n) is 2.50. The van der Waals surface area contributed by atoms with Crippen molar-refractivity contribution in [1.82, 2.24) is 9.55 Å². The molecule has 0 saturated heterocycles. The van der Waals surface area contributed by atoms with Crippen molar-refractivity contribution < 1.29 is 5.11 Å². The topological polar surface area (TPSA) is 87.5 Å². The fourth-order valence-corrected chi connectivity index (χ4v) is 2.89. The number of nitrogens with zero attached hydrogens (tertiary/aromatic N) is 2. The van der Waals surface area contributed by atoms with Crippen LogP contribution in [0, 0.1) is 0 Å². The number of hydrogen-bond acceptors (Lipinski definition) is 4. The van der Waals surface area contributed by atoms with Crippen LogP contribution in [0.5, 0.6) is 5.88 Å². The average Bonchev–Trinajstić information content (AvgIpc) is 2.64. The lowest BCUT2D eigenvalue weighted by molar-refractivity contribution is 0.408. The minimum absolute atomic E-state index is 0.00642. The predicted molar refractivity (Wildman–Crippen MR) is 106 cm³/mol. The summed E-state index contributed by atoms with van der Waals surface area (Å²) in [5.74, 6) is -0.480. The molecule has 0 saturated carbocycles. The van der Waals surface area contributed by atoms with Crippen LogP contribution in [0.25, 0.3) is 0 Å². The van der Waals surface area contributed by atoms with Crippen molar-refractivity contribution in [3.63, 3.8) is 0 Å². The van der Waals surface area contributed by atoms with Crippen molar-refractivity contribution >= 4 is 29.4 Å². The quantitative estimate of drug-likeness (QED) is 0.641. The van der Waals surface area contributed by atoms with Crippen molar-refractivity contribution in [3.05, 3.63) is 96.1 Å². The summed E-state index contributed by atoms with van der Waals surface area (Å²) in [6.07, 6.45) is 1.22. The van der Waals surface area contributed by atoms with E-state index in [1.54, 1.807) is 36.4 Å². The van der Waals surface area contributed by atoms with Gasteiger partial charge in [-0.25, -0.2) is 4.79 Å². The number of benzene rings is 2. The van der Waals surface area contributed by atoms with Crippen LogP contribution in [-0.2, 0) is 13.1 Å². The molecule has 0 amide bonds. The van der Waals surface area contributed by atoms with Gasteiger partial charge < -0.3 is 5.11 Å². The van der Waals surface area contributed by atoms with Gasteiger partial charge in [-0.2, -0.15) is 0 Å². The maximum atomic E-state index is 12.1. The summed E-state index contributed by atoms with van der Waals surface area (Å²) in [5, 5.41) is 11.4. The first-order chi connectivity index (χ1) is 13.0. The maximum Gasteiger partial charge on any atom is 0.331 e. The molecule has 2 aromatic carbocycles. The molecule has 0 fully saturated rings. The summed E-state index contributed by atoms with van der Waals surface area (Å²) in [7, 11) is 0. The van der Waals surface area contributed by atoms with E-state index in [0.29, 0.717) is 15.6 Å². The highest BCUT2D eigenvalue weighted by Gasteiger charge is 2.14. The molecule has 0 aliphatic carbocycles. The lowest BCUT2D eigenvalue weighted by Crippen LogP contribution is -2.32. The van der Waals surface area contributed by atoms with E-state index in [9.17, 15) is 14.7 Å². The SMILES string of the molecule is O=c1[nH]c(=O)n(Cc2ccccc2Cl)c(O)c1C=NCc1ccccc1Cl. The van der Waals surface area contributed by atoms with Crippen molar-refractivity contribution in [2.75, 3.05) is 0 Å². The molecular weight excluding hydrogens is 389 g/mol. The summed E-state index contributed by atoms with van der Waals surface area (Å²) >= 11 is 12.2. The van der Waals surface area contributed by atoms with Crippen molar-refractivity contribution in [1.29, 1.82) is 0 Å². The van der Waals surface area contributed by atoms with Gasteiger partial charge in [0.05, 0.1) is 13.1 Å². The molecule has 0 aliphatic heterocycles. The lowest BCUT2D eigenvalue weighted by atomic mass is 10.2. The number of aromatic nitrogens is 2. The highest BCUT2D eigenvalue weighted by molar-refractivity contribution is 6.31. The van der Waals surface area contributed by atoms with E-state index in [4.69, 9.17) is 23.2 Å². The Kier molecular flexibility index (Phi) is 5.78. The number of hydrogen-bond donors (Lipinski definition) is 2. The van der Waals surface area contributed by atoms with Gasteiger partial charge in [-0.1, -0.05) is 59.6 Å². The van der Waals surface area contributed by atoms with Gasteiger partial charge in [-0.3, -0.25) is 19.3 Å². The summed E-state index contributed by atoms with van der Waals surface area (Å²) < 4.78 is 1.03. The average molecular weight is 404 g/mol. The number of halogens is 2. The molecule has 3 rings (SSSR count). The van der Waals surface area contributed by atoms with E-state index in [1.165, 1.54) is 6.21 Å². The Hall–Kier alpha value is -2.83. The number of H-pyrrole nitrogens is 1. The summed E-state index contributed by atoms with van der Waals surface area (Å²) in [5.41, 5.74) is -0.177. The fraction of sp³-hybridized carbons (Fsp3) is 0.105. The molecule has 0 atom stereocenters. The zero-order valence-corrected chi connectivity index (χ0v) is 15.5. The second-order valence-corrected chi connectivity index (χ2v) is 6.55. The van der Waals surface area contributed by atoms with E-state index >= 15 is 0 Å². The molecular formula is C19H15Cl2N3O3. The Balaban J connectivity index is 1.93. The molecule has 8 heteroatoms. The smallest absolute Gasteiger partial charge is 0.331 e. The number of rotatable bonds is 5. The first-order valence-electron chi connectivity index (χ1n) is 8.00. The Morgan fingerprint density at radius 3 is 2.22 bits per heavy atom. The highest BCUT2D eigenvalue weighted by Crippen LogP contribution is 2.19. The van der Waals surface area contributed by atoms with E-state index in [2.05, 4.69) is 9.98 Å².